The summed E-state index contributed by atoms with van der Waals surface area (Å²) in [4.78, 5) is 4.95. The molecule has 1 aliphatic heterocycles. The van der Waals surface area contributed by atoms with Crippen LogP contribution in [0.25, 0.3) is 11.4 Å². The van der Waals surface area contributed by atoms with E-state index in [1.54, 1.807) is 29.8 Å². The zero-order valence-electron chi connectivity index (χ0n) is 16.7. The van der Waals surface area contributed by atoms with E-state index in [-0.39, 0.29) is 0 Å². The molecular weight excluding hydrogens is 476 g/mol. The van der Waals surface area contributed by atoms with Gasteiger partial charge in [0, 0.05) is 17.4 Å². The van der Waals surface area contributed by atoms with Gasteiger partial charge in [-0.05, 0) is 18.2 Å². The lowest BCUT2D eigenvalue weighted by molar-refractivity contribution is -0.186. The normalized spacial score (nSPS) is 25.5. The molecule has 1 aromatic carbocycles. The number of thiazole rings is 1. The first-order chi connectivity index (χ1) is 15.4. The van der Waals surface area contributed by atoms with E-state index in [1.165, 1.54) is 34.9 Å². The van der Waals surface area contributed by atoms with Gasteiger partial charge in [-0.2, -0.15) is 5.26 Å². The number of aliphatic hydroxyl groups is 2. The first-order valence-electron chi connectivity index (χ1n) is 9.41. The third-order valence-electron chi connectivity index (χ3n) is 5.01. The molecule has 4 N–H and O–H groups in total. The van der Waals surface area contributed by atoms with Crippen molar-refractivity contribution in [3.8, 4) is 17.5 Å². The lowest BCUT2D eigenvalue weighted by atomic mass is 9.97. The van der Waals surface area contributed by atoms with Gasteiger partial charge in [0.05, 0.1) is 23.4 Å². The van der Waals surface area contributed by atoms with Gasteiger partial charge in [0.1, 0.15) is 47.2 Å². The van der Waals surface area contributed by atoms with Crippen LogP contribution < -0.4 is 5.73 Å². The molecule has 2 aromatic heterocycles. The van der Waals surface area contributed by atoms with E-state index in [2.05, 4.69) is 15.3 Å². The quantitative estimate of drug-likeness (QED) is 0.463. The number of hydrogen-bond acceptors (Lipinski definition) is 11. The fraction of sp³-hybridized carbons (Fsp3) is 0.368. The highest BCUT2D eigenvalue weighted by atomic mass is 35.5. The fourth-order valence-electron chi connectivity index (χ4n) is 3.45. The van der Waals surface area contributed by atoms with E-state index >= 15 is 0 Å². The number of nitriles is 1. The SMILES string of the molecule is COC1[C@@H](Sc2ccc(C#N)c(Cl)c2)OC(CO)[C@H](O)[C@@H]1n1cc(-c2csc(N)n2)nn1. The van der Waals surface area contributed by atoms with Gasteiger partial charge in [-0.1, -0.05) is 28.6 Å². The van der Waals surface area contributed by atoms with Gasteiger partial charge in [-0.15, -0.1) is 16.4 Å². The first-order valence-corrected chi connectivity index (χ1v) is 11.6. The topological polar surface area (TPSA) is 152 Å². The first kappa shape index (κ1) is 22.9. The smallest absolute Gasteiger partial charge is 0.180 e. The number of aromatic nitrogens is 4. The van der Waals surface area contributed by atoms with Crippen molar-refractivity contribution >= 4 is 39.8 Å². The number of rotatable bonds is 6. The molecule has 1 fully saturated rings. The van der Waals surface area contributed by atoms with E-state index in [9.17, 15) is 10.2 Å². The largest absolute Gasteiger partial charge is 0.394 e. The Hall–Kier alpha value is -2.24. The van der Waals surface area contributed by atoms with Crippen LogP contribution in [0.4, 0.5) is 5.13 Å². The van der Waals surface area contributed by atoms with Crippen LogP contribution in [-0.4, -0.2) is 67.7 Å². The van der Waals surface area contributed by atoms with Crippen LogP contribution in [0.3, 0.4) is 0 Å². The van der Waals surface area contributed by atoms with E-state index in [4.69, 9.17) is 32.1 Å². The molecule has 2 unspecified atom stereocenters. The van der Waals surface area contributed by atoms with Crippen molar-refractivity contribution in [1.82, 2.24) is 20.0 Å². The highest BCUT2D eigenvalue weighted by molar-refractivity contribution is 7.99. The molecule has 0 saturated carbocycles. The second-order valence-corrected chi connectivity index (χ2v) is 9.40. The van der Waals surface area contributed by atoms with Crippen molar-refractivity contribution in [3.05, 3.63) is 40.4 Å². The van der Waals surface area contributed by atoms with Crippen LogP contribution >= 0.6 is 34.7 Å². The number of thioether (sulfide) groups is 1. The minimum absolute atomic E-state index is 0.320. The molecule has 32 heavy (non-hydrogen) atoms. The van der Waals surface area contributed by atoms with E-state index in [1.807, 2.05) is 6.07 Å². The van der Waals surface area contributed by atoms with Crippen molar-refractivity contribution in [2.75, 3.05) is 19.5 Å². The Bertz CT molecular complexity index is 1140. The summed E-state index contributed by atoms with van der Waals surface area (Å²) in [7, 11) is 1.51. The molecule has 10 nitrogen and oxygen atoms in total. The predicted octanol–water partition coefficient (Wildman–Crippen LogP) is 1.94. The van der Waals surface area contributed by atoms with E-state index in [0.717, 1.165) is 4.90 Å². The number of benzene rings is 1. The molecule has 13 heteroatoms. The Morgan fingerprint density at radius 3 is 2.88 bits per heavy atom. The maximum Gasteiger partial charge on any atom is 0.180 e. The highest BCUT2D eigenvalue weighted by Gasteiger charge is 2.47. The summed E-state index contributed by atoms with van der Waals surface area (Å²) in [6.07, 6.45) is -0.988. The number of nitrogen functional groups attached to an aromatic ring is 1. The van der Waals surface area contributed by atoms with Gasteiger partial charge in [0.2, 0.25) is 0 Å². The number of nitrogens with two attached hydrogens (primary N) is 1. The molecule has 0 spiro atoms. The van der Waals surface area contributed by atoms with Crippen molar-refractivity contribution in [3.63, 3.8) is 0 Å². The molecule has 0 bridgehead atoms. The molecule has 3 heterocycles. The van der Waals surface area contributed by atoms with Crippen molar-refractivity contribution in [2.24, 2.45) is 0 Å². The molecule has 1 aliphatic rings. The number of ether oxygens (including phenoxy) is 2. The molecule has 4 rings (SSSR count). The number of methoxy groups -OCH3 is 1. The summed E-state index contributed by atoms with van der Waals surface area (Å²) < 4.78 is 13.1. The van der Waals surface area contributed by atoms with Crippen LogP contribution in [0.2, 0.25) is 5.02 Å². The monoisotopic (exact) mass is 494 g/mol. The molecule has 0 radical (unpaired) electrons. The standard InChI is InChI=1S/C19H19ClN6O4S2/c1-29-17-15(26-6-12(24-25-26)13-8-31-19(22)23-13)16(28)14(7-27)30-18(17)32-10-3-2-9(5-21)11(20)4-10/h2-4,6,8,14-18,27-28H,7H2,1H3,(H2,22,23)/t14?,15-,16-,17?,18+/m0/s1. The summed E-state index contributed by atoms with van der Waals surface area (Å²) >= 11 is 8.75. The minimum Gasteiger partial charge on any atom is -0.394 e. The fourth-order valence-corrected chi connectivity index (χ4v) is 5.50. The summed E-state index contributed by atoms with van der Waals surface area (Å²) in [5.74, 6) is 0. The molecule has 0 aliphatic carbocycles. The van der Waals surface area contributed by atoms with Gasteiger partial charge in [-0.3, -0.25) is 0 Å². The zero-order valence-corrected chi connectivity index (χ0v) is 19.1. The minimum atomic E-state index is -1.11. The third-order valence-corrected chi connectivity index (χ3v) is 7.13. The molecule has 0 amide bonds. The number of anilines is 1. The average molecular weight is 495 g/mol. The number of hydrogen-bond donors (Lipinski definition) is 3. The van der Waals surface area contributed by atoms with Crippen LogP contribution in [-0.2, 0) is 9.47 Å². The van der Waals surface area contributed by atoms with E-state index in [0.29, 0.717) is 27.1 Å². The zero-order chi connectivity index (χ0) is 22.8. The third kappa shape index (κ3) is 4.46. The van der Waals surface area contributed by atoms with Crippen molar-refractivity contribution in [2.45, 2.75) is 34.7 Å². The van der Waals surface area contributed by atoms with Gasteiger partial charge < -0.3 is 25.4 Å². The molecule has 3 aromatic rings. The Balaban J connectivity index is 1.64. The summed E-state index contributed by atoms with van der Waals surface area (Å²) in [5, 5.41) is 40.6. The maximum absolute atomic E-state index is 10.9. The van der Waals surface area contributed by atoms with Crippen LogP contribution in [0.5, 0.6) is 0 Å². The lowest BCUT2D eigenvalue weighted by Crippen LogP contribution is -2.55. The highest BCUT2D eigenvalue weighted by Crippen LogP contribution is 2.40. The van der Waals surface area contributed by atoms with E-state index < -0.39 is 36.4 Å². The van der Waals surface area contributed by atoms with Crippen LogP contribution in [0.15, 0.2) is 34.7 Å². The lowest BCUT2D eigenvalue weighted by Gasteiger charge is -2.43. The number of aliphatic hydroxyl groups excluding tert-OH is 2. The molecule has 168 valence electrons. The van der Waals surface area contributed by atoms with Gasteiger partial charge in [0.25, 0.3) is 0 Å². The van der Waals surface area contributed by atoms with Crippen LogP contribution in [0.1, 0.15) is 11.6 Å². The summed E-state index contributed by atoms with van der Waals surface area (Å²) in [5.41, 5.74) is 6.53. The average Bonchev–Trinajstić information content (AvgIpc) is 3.43. The number of nitrogens with zero attached hydrogens (tertiary/aromatic N) is 5. The Morgan fingerprint density at radius 1 is 1.44 bits per heavy atom. The molecule has 5 atom stereocenters. The van der Waals surface area contributed by atoms with Gasteiger partial charge in [-0.25, -0.2) is 9.67 Å². The van der Waals surface area contributed by atoms with Crippen molar-refractivity contribution in [1.29, 1.82) is 5.26 Å². The number of halogens is 1. The Morgan fingerprint density at radius 2 is 2.25 bits per heavy atom. The Labute approximate surface area is 196 Å². The molecule has 1 saturated heterocycles. The van der Waals surface area contributed by atoms with Crippen LogP contribution in [0, 0.1) is 11.3 Å². The summed E-state index contributed by atoms with van der Waals surface area (Å²) in [6, 6.07) is 6.35. The summed E-state index contributed by atoms with van der Waals surface area (Å²) in [6.45, 7) is -0.399. The predicted molar refractivity (Wildman–Crippen MR) is 119 cm³/mol. The Kier molecular flexibility index (Phi) is 6.96. The van der Waals surface area contributed by atoms with Gasteiger partial charge >= 0.3 is 0 Å². The van der Waals surface area contributed by atoms with Gasteiger partial charge in [0.15, 0.2) is 5.13 Å². The van der Waals surface area contributed by atoms with Crippen molar-refractivity contribution < 1.29 is 19.7 Å². The maximum atomic E-state index is 10.9. The second kappa shape index (κ2) is 9.72. The second-order valence-electron chi connectivity index (χ2n) is 6.93. The molecular formula is C19H19ClN6O4S2.